The van der Waals surface area contributed by atoms with Gasteiger partial charge in [-0.1, -0.05) is 48.5 Å². The molecule has 0 spiro atoms. The Kier molecular flexibility index (Phi) is 3.43. The zero-order chi connectivity index (χ0) is 16.1. The van der Waals surface area contributed by atoms with E-state index in [9.17, 15) is 5.11 Å². The first-order valence-electron chi connectivity index (χ1n) is 9.68. The first-order valence-corrected chi connectivity index (χ1v) is 9.68. The van der Waals surface area contributed by atoms with Gasteiger partial charge in [0.2, 0.25) is 0 Å². The minimum absolute atomic E-state index is 0.523. The lowest BCUT2D eigenvalue weighted by molar-refractivity contribution is 0.143. The fraction of sp³-hybridized carbons (Fsp3) is 0.478. The highest BCUT2D eigenvalue weighted by atomic mass is 16.3. The zero-order valence-corrected chi connectivity index (χ0v) is 14.2. The van der Waals surface area contributed by atoms with Gasteiger partial charge in [0.05, 0.1) is 0 Å². The molecular formula is C23H26O. The first-order chi connectivity index (χ1) is 11.8. The van der Waals surface area contributed by atoms with Gasteiger partial charge in [-0.3, -0.25) is 0 Å². The Balaban J connectivity index is 1.45. The molecule has 3 aliphatic rings. The Bertz CT molecular complexity index is 735. The third-order valence-electron chi connectivity index (χ3n) is 7.27. The summed E-state index contributed by atoms with van der Waals surface area (Å²) in [5.74, 6) is 5.03. The van der Waals surface area contributed by atoms with Crippen molar-refractivity contribution >= 4 is 0 Å². The third-order valence-corrected chi connectivity index (χ3v) is 7.27. The van der Waals surface area contributed by atoms with Gasteiger partial charge in [-0.05, 0) is 79.2 Å². The second kappa shape index (κ2) is 5.65. The van der Waals surface area contributed by atoms with Gasteiger partial charge in [-0.2, -0.15) is 0 Å². The highest BCUT2D eigenvalue weighted by molar-refractivity contribution is 5.72. The molecule has 0 aromatic heterocycles. The normalized spacial score (nSPS) is 34.2. The van der Waals surface area contributed by atoms with Crippen molar-refractivity contribution < 1.29 is 5.11 Å². The van der Waals surface area contributed by atoms with Gasteiger partial charge in [0, 0.05) is 5.56 Å². The maximum atomic E-state index is 11.0. The molecule has 1 N–H and O–H groups in total. The van der Waals surface area contributed by atoms with Crippen LogP contribution in [0.5, 0.6) is 5.75 Å². The van der Waals surface area contributed by atoms with Crippen molar-refractivity contribution in [1.82, 2.24) is 0 Å². The minimum atomic E-state index is 0.523. The number of hydrogen-bond acceptors (Lipinski definition) is 1. The fourth-order valence-electron chi connectivity index (χ4n) is 6.21. The predicted octanol–water partition coefficient (Wildman–Crippen LogP) is 5.99. The molecule has 0 aliphatic heterocycles. The Hall–Kier alpha value is -1.76. The summed E-state index contributed by atoms with van der Waals surface area (Å²) in [6.07, 6.45) is 8.40. The lowest BCUT2D eigenvalue weighted by atomic mass is 9.66. The van der Waals surface area contributed by atoms with E-state index in [1.807, 2.05) is 18.2 Å². The quantitative estimate of drug-likeness (QED) is 0.721. The van der Waals surface area contributed by atoms with E-state index < -0.39 is 0 Å². The van der Waals surface area contributed by atoms with Crippen LogP contribution in [-0.4, -0.2) is 5.11 Å². The molecule has 5 unspecified atom stereocenters. The van der Waals surface area contributed by atoms with Crippen LogP contribution >= 0.6 is 0 Å². The van der Waals surface area contributed by atoms with Crippen LogP contribution < -0.4 is 0 Å². The van der Waals surface area contributed by atoms with Gasteiger partial charge in [-0.25, -0.2) is 0 Å². The molecule has 5 rings (SSSR count). The number of rotatable bonds is 2. The topological polar surface area (TPSA) is 20.2 Å². The van der Waals surface area contributed by atoms with Crippen LogP contribution in [0.25, 0.3) is 11.1 Å². The molecule has 2 bridgehead atoms. The van der Waals surface area contributed by atoms with E-state index in [4.69, 9.17) is 0 Å². The van der Waals surface area contributed by atoms with Crippen LogP contribution in [-0.2, 0) is 0 Å². The predicted molar refractivity (Wildman–Crippen MR) is 97.9 cm³/mol. The van der Waals surface area contributed by atoms with Crippen LogP contribution in [0.1, 0.15) is 50.0 Å². The van der Waals surface area contributed by atoms with Gasteiger partial charge in [-0.15, -0.1) is 0 Å². The van der Waals surface area contributed by atoms with Gasteiger partial charge >= 0.3 is 0 Å². The summed E-state index contributed by atoms with van der Waals surface area (Å²) in [6.45, 7) is 0. The average molecular weight is 318 g/mol. The monoisotopic (exact) mass is 318 g/mol. The number of hydrogen-bond donors (Lipinski definition) is 1. The molecule has 0 amide bonds. The van der Waals surface area contributed by atoms with E-state index in [1.165, 1.54) is 44.1 Å². The van der Waals surface area contributed by atoms with E-state index in [0.717, 1.165) is 34.8 Å². The molecule has 3 saturated carbocycles. The number of para-hydroxylation sites is 1. The van der Waals surface area contributed by atoms with Crippen LogP contribution in [0.2, 0.25) is 0 Å². The van der Waals surface area contributed by atoms with Crippen molar-refractivity contribution in [2.45, 2.75) is 44.4 Å². The van der Waals surface area contributed by atoms with Crippen LogP contribution in [0.3, 0.4) is 0 Å². The molecule has 24 heavy (non-hydrogen) atoms. The molecule has 124 valence electrons. The Morgan fingerprint density at radius 2 is 1.50 bits per heavy atom. The molecule has 2 aromatic carbocycles. The Morgan fingerprint density at radius 3 is 2.33 bits per heavy atom. The van der Waals surface area contributed by atoms with E-state index in [2.05, 4.69) is 30.3 Å². The summed E-state index contributed by atoms with van der Waals surface area (Å²) in [7, 11) is 0. The summed E-state index contributed by atoms with van der Waals surface area (Å²) in [5, 5.41) is 11.0. The van der Waals surface area contributed by atoms with E-state index in [-0.39, 0.29) is 0 Å². The van der Waals surface area contributed by atoms with Gasteiger partial charge in [0.25, 0.3) is 0 Å². The molecule has 2 aromatic rings. The minimum Gasteiger partial charge on any atom is -0.507 e. The molecule has 5 atom stereocenters. The van der Waals surface area contributed by atoms with Crippen LogP contribution in [0, 0.1) is 23.7 Å². The molecule has 3 fully saturated rings. The van der Waals surface area contributed by atoms with Crippen molar-refractivity contribution in [2.24, 2.45) is 23.7 Å². The summed E-state index contributed by atoms with van der Waals surface area (Å²) in [5.41, 5.74) is 3.30. The lowest BCUT2D eigenvalue weighted by Gasteiger charge is -2.39. The number of phenols is 1. The average Bonchev–Trinajstić information content (AvgIpc) is 3.25. The highest BCUT2D eigenvalue weighted by Crippen LogP contribution is 2.60. The number of aromatic hydroxyl groups is 1. The van der Waals surface area contributed by atoms with Gasteiger partial charge < -0.3 is 5.11 Å². The van der Waals surface area contributed by atoms with Crippen molar-refractivity contribution in [3.63, 3.8) is 0 Å². The largest absolute Gasteiger partial charge is 0.507 e. The molecule has 0 radical (unpaired) electrons. The molecule has 0 saturated heterocycles. The van der Waals surface area contributed by atoms with E-state index in [1.54, 1.807) is 0 Å². The number of benzene rings is 2. The molecule has 1 heteroatoms. The van der Waals surface area contributed by atoms with E-state index in [0.29, 0.717) is 11.7 Å². The SMILES string of the molecule is Oc1c(-c2ccccc2)cccc1C1CCC2C3CCC(C3)C2C1. The zero-order valence-electron chi connectivity index (χ0n) is 14.2. The summed E-state index contributed by atoms with van der Waals surface area (Å²) in [4.78, 5) is 0. The lowest BCUT2D eigenvalue weighted by Crippen LogP contribution is -2.29. The molecule has 0 heterocycles. The Morgan fingerprint density at radius 1 is 0.708 bits per heavy atom. The number of phenolic OH excluding ortho intramolecular Hbond substituents is 1. The highest BCUT2D eigenvalue weighted by Gasteiger charge is 2.49. The van der Waals surface area contributed by atoms with Gasteiger partial charge in [0.15, 0.2) is 0 Å². The van der Waals surface area contributed by atoms with Crippen LogP contribution in [0.4, 0.5) is 0 Å². The fourth-order valence-corrected chi connectivity index (χ4v) is 6.21. The summed E-state index contributed by atoms with van der Waals surface area (Å²) in [6, 6.07) is 16.6. The maximum Gasteiger partial charge on any atom is 0.126 e. The smallest absolute Gasteiger partial charge is 0.126 e. The number of fused-ring (bicyclic) bond motifs is 5. The standard InChI is InChI=1S/C23H26O/c24-23-20(15-5-2-1-3-6-15)7-4-8-21(23)18-11-12-19-16-9-10-17(13-16)22(19)14-18/h1-8,16-19,22,24H,9-14H2. The molecule has 1 nitrogen and oxygen atoms in total. The van der Waals surface area contributed by atoms with Gasteiger partial charge in [0.1, 0.15) is 5.75 Å². The van der Waals surface area contributed by atoms with Crippen molar-refractivity contribution in [1.29, 1.82) is 0 Å². The summed E-state index contributed by atoms with van der Waals surface area (Å²) >= 11 is 0. The second-order valence-electron chi connectivity index (χ2n) is 8.28. The maximum absolute atomic E-state index is 11.0. The van der Waals surface area contributed by atoms with Crippen LogP contribution in [0.15, 0.2) is 48.5 Å². The van der Waals surface area contributed by atoms with Crippen molar-refractivity contribution in [3.8, 4) is 16.9 Å². The van der Waals surface area contributed by atoms with Crippen molar-refractivity contribution in [3.05, 3.63) is 54.1 Å². The first kappa shape index (κ1) is 14.6. The second-order valence-corrected chi connectivity index (χ2v) is 8.28. The third kappa shape index (κ3) is 2.21. The molecular weight excluding hydrogens is 292 g/mol. The molecule has 3 aliphatic carbocycles. The van der Waals surface area contributed by atoms with Crippen molar-refractivity contribution in [2.75, 3.05) is 0 Å². The summed E-state index contributed by atoms with van der Waals surface area (Å²) < 4.78 is 0. The Labute approximate surface area is 144 Å². The van der Waals surface area contributed by atoms with E-state index >= 15 is 0 Å².